The highest BCUT2D eigenvalue weighted by atomic mass is 31.2. The van der Waals surface area contributed by atoms with Gasteiger partial charge in [-0.25, -0.2) is 4.57 Å². The summed E-state index contributed by atoms with van der Waals surface area (Å²) in [5.74, 6) is -0.203. The quantitative estimate of drug-likeness (QED) is 0.0243. The molecule has 0 aliphatic carbocycles. The molecule has 3 unspecified atom stereocenters. The molecule has 0 spiro atoms. The average Bonchev–Trinajstić information content (AvgIpc) is 3.37. The highest BCUT2D eigenvalue weighted by Crippen LogP contribution is 2.43. The third-order valence-electron chi connectivity index (χ3n) is 12.6. The van der Waals surface area contributed by atoms with Gasteiger partial charge in [0, 0.05) is 6.42 Å². The fourth-order valence-electron chi connectivity index (χ4n) is 7.93. The predicted octanol–water partition coefficient (Wildman–Crippen LogP) is 18.7. The largest absolute Gasteiger partial charge is 0.472 e. The van der Waals surface area contributed by atoms with Crippen molar-refractivity contribution >= 4 is 13.7 Å². The van der Waals surface area contributed by atoms with Crippen molar-refractivity contribution in [3.05, 3.63) is 134 Å². The van der Waals surface area contributed by atoms with Gasteiger partial charge in [-0.3, -0.25) is 13.8 Å². The molecule has 3 atom stereocenters. The summed E-state index contributed by atoms with van der Waals surface area (Å²) >= 11 is 0. The number of hydrogen-bond donors (Lipinski definition) is 3. The van der Waals surface area contributed by atoms with Gasteiger partial charge in [-0.2, -0.15) is 0 Å². The number of aliphatic hydroxyl groups is 1. The highest BCUT2D eigenvalue weighted by Gasteiger charge is 2.27. The molecule has 0 radical (unpaired) electrons. The summed E-state index contributed by atoms with van der Waals surface area (Å²) in [5.41, 5.74) is 0. The summed E-state index contributed by atoms with van der Waals surface area (Å²) in [5, 5.41) is 13.9. The number of carbonyl (C=O) groups excluding carboxylic acids is 1. The Bertz CT molecular complexity index is 1680. The summed E-state index contributed by atoms with van der Waals surface area (Å²) in [7, 11) is 1.53. The van der Waals surface area contributed by atoms with Crippen LogP contribution in [0.5, 0.6) is 0 Å². The lowest BCUT2D eigenvalue weighted by Crippen LogP contribution is -2.45. The number of phosphoric ester groups is 1. The van der Waals surface area contributed by atoms with Gasteiger partial charge >= 0.3 is 7.82 Å². The monoisotopic (exact) mass is 1060 g/mol. The van der Waals surface area contributed by atoms with Gasteiger partial charge in [0.25, 0.3) is 0 Å². The summed E-state index contributed by atoms with van der Waals surface area (Å²) in [6.07, 6.45) is 84.1. The Morgan fingerprint density at radius 2 is 0.813 bits per heavy atom. The lowest BCUT2D eigenvalue weighted by molar-refractivity contribution is -0.870. The molecule has 0 fully saturated rings. The molecule has 9 heteroatoms. The molecular formula is C66H114N2O6P+. The Balaban J connectivity index is 4.26. The van der Waals surface area contributed by atoms with Gasteiger partial charge < -0.3 is 19.8 Å². The normalized spacial score (nSPS) is 14.8. The number of likely N-dealkylation sites (N-methyl/N-ethyl adjacent to an activating group) is 1. The second-order valence-corrected chi connectivity index (χ2v) is 22.4. The van der Waals surface area contributed by atoms with Gasteiger partial charge in [-0.05, 0) is 103 Å². The van der Waals surface area contributed by atoms with Crippen LogP contribution in [-0.4, -0.2) is 73.4 Å². The van der Waals surface area contributed by atoms with E-state index in [-0.39, 0.29) is 19.1 Å². The zero-order valence-electron chi connectivity index (χ0n) is 48.7. The SMILES string of the molecule is CC/C=C\C/C=C\C/C=C\C/C=C\C/C=C\C/C=C\C/C=C\C/C=C\C/C=C\CCCCCCCCCC(=O)NC(COP(=O)(O)OCC[N+](C)(C)C)C(O)/C=C/CC/C=C/CCCCCCCCCCCCCC. The van der Waals surface area contributed by atoms with E-state index in [0.717, 1.165) is 109 Å². The van der Waals surface area contributed by atoms with Crippen LogP contribution in [0.4, 0.5) is 0 Å². The molecule has 0 aromatic carbocycles. The van der Waals surface area contributed by atoms with Crippen LogP contribution < -0.4 is 5.32 Å². The first-order valence-corrected chi connectivity index (χ1v) is 31.6. The Kier molecular flexibility index (Phi) is 52.9. The van der Waals surface area contributed by atoms with Crippen LogP contribution in [0, 0.1) is 0 Å². The first-order valence-electron chi connectivity index (χ1n) is 30.1. The van der Waals surface area contributed by atoms with Crippen LogP contribution >= 0.6 is 7.82 Å². The minimum atomic E-state index is -4.37. The van der Waals surface area contributed by atoms with E-state index in [1.807, 2.05) is 27.2 Å². The van der Waals surface area contributed by atoms with Crippen molar-refractivity contribution in [1.82, 2.24) is 5.32 Å². The molecule has 0 saturated carbocycles. The predicted molar refractivity (Wildman–Crippen MR) is 327 cm³/mol. The lowest BCUT2D eigenvalue weighted by Gasteiger charge is -2.25. The fourth-order valence-corrected chi connectivity index (χ4v) is 8.67. The molecule has 0 aromatic rings. The zero-order chi connectivity index (χ0) is 54.9. The molecule has 1 amide bonds. The molecule has 0 heterocycles. The number of rotatable bonds is 53. The Hall–Kier alpha value is -3.36. The number of amides is 1. The maximum atomic E-state index is 13.0. The molecule has 3 N–H and O–H groups in total. The van der Waals surface area contributed by atoms with Crippen molar-refractivity contribution in [1.29, 1.82) is 0 Å². The number of phosphoric acid groups is 1. The summed E-state index contributed by atoms with van der Waals surface area (Å²) in [6, 6.07) is -0.880. The molecule has 0 aromatic heterocycles. The number of quaternary nitrogens is 1. The van der Waals surface area contributed by atoms with Crippen molar-refractivity contribution in [2.24, 2.45) is 0 Å². The second kappa shape index (κ2) is 55.4. The van der Waals surface area contributed by atoms with E-state index in [1.165, 1.54) is 96.3 Å². The number of hydrogen-bond acceptors (Lipinski definition) is 5. The number of aliphatic hydroxyl groups excluding tert-OH is 1. The van der Waals surface area contributed by atoms with Crippen molar-refractivity contribution < 1.29 is 32.9 Å². The second-order valence-electron chi connectivity index (χ2n) is 21.0. The molecule has 8 nitrogen and oxygen atoms in total. The van der Waals surface area contributed by atoms with E-state index in [9.17, 15) is 19.4 Å². The topological polar surface area (TPSA) is 105 Å². The van der Waals surface area contributed by atoms with Crippen LogP contribution in [0.25, 0.3) is 0 Å². The number of nitrogens with zero attached hydrogens (tertiary/aromatic N) is 1. The zero-order valence-corrected chi connectivity index (χ0v) is 49.6. The van der Waals surface area contributed by atoms with Crippen LogP contribution in [0.15, 0.2) is 134 Å². The Labute approximate surface area is 462 Å². The smallest absolute Gasteiger partial charge is 0.387 e. The van der Waals surface area contributed by atoms with Crippen molar-refractivity contribution in [3.63, 3.8) is 0 Å². The van der Waals surface area contributed by atoms with E-state index < -0.39 is 20.0 Å². The molecule has 75 heavy (non-hydrogen) atoms. The van der Waals surface area contributed by atoms with Crippen LogP contribution in [0.2, 0.25) is 0 Å². The van der Waals surface area contributed by atoms with E-state index in [4.69, 9.17) is 9.05 Å². The number of nitrogens with one attached hydrogen (secondary N) is 1. The molecule has 0 aliphatic rings. The van der Waals surface area contributed by atoms with Crippen molar-refractivity contribution in [3.8, 4) is 0 Å². The fraction of sp³-hybridized carbons (Fsp3) is 0.652. The maximum absolute atomic E-state index is 13.0. The third kappa shape index (κ3) is 58.2. The highest BCUT2D eigenvalue weighted by molar-refractivity contribution is 7.47. The summed E-state index contributed by atoms with van der Waals surface area (Å²) in [4.78, 5) is 23.3. The first-order chi connectivity index (χ1) is 36.5. The molecule has 428 valence electrons. The minimum absolute atomic E-state index is 0.0469. The number of unbranched alkanes of at least 4 members (excludes halogenated alkanes) is 20. The molecule has 0 bridgehead atoms. The van der Waals surface area contributed by atoms with E-state index >= 15 is 0 Å². The number of carbonyl (C=O) groups is 1. The average molecular weight is 1060 g/mol. The minimum Gasteiger partial charge on any atom is -0.387 e. The summed E-state index contributed by atoms with van der Waals surface area (Å²) < 4.78 is 23.7. The van der Waals surface area contributed by atoms with Gasteiger partial charge in [0.15, 0.2) is 0 Å². The van der Waals surface area contributed by atoms with Gasteiger partial charge in [0.1, 0.15) is 13.2 Å². The van der Waals surface area contributed by atoms with Gasteiger partial charge in [0.05, 0.1) is 39.9 Å². The Morgan fingerprint density at radius 1 is 0.467 bits per heavy atom. The van der Waals surface area contributed by atoms with E-state index in [0.29, 0.717) is 17.4 Å². The van der Waals surface area contributed by atoms with Gasteiger partial charge in [0.2, 0.25) is 5.91 Å². The number of allylic oxidation sites excluding steroid dienone is 21. The van der Waals surface area contributed by atoms with Crippen LogP contribution in [-0.2, 0) is 18.4 Å². The van der Waals surface area contributed by atoms with Crippen LogP contribution in [0.3, 0.4) is 0 Å². The lowest BCUT2D eigenvalue weighted by atomic mass is 10.0. The van der Waals surface area contributed by atoms with Crippen LogP contribution in [0.1, 0.15) is 226 Å². The Morgan fingerprint density at radius 3 is 1.23 bits per heavy atom. The standard InChI is InChI=1S/C66H113N2O6P/c1-6-8-10-12-14-16-18-20-22-24-26-27-28-29-30-31-32-33-34-35-36-37-38-39-40-41-42-44-46-48-50-52-54-56-58-60-66(70)67-64(63-74-75(71,72)73-62-61-68(3,4)5)65(69)59-57-55-53-51-49-47-45-43-25-23-21-19-17-15-13-11-9-7-2/h8,10,14,16,20,22,26-27,29-30,32-33,35-36,38-39,41-42,49,51,57,59,64-65,69H,6-7,9,11-13,15,17-19,21,23-25,28,31,34,37,40,43-48,50,52-56,58,60-63H2,1-5H3,(H-,67,70,71,72)/p+1/b10-8-,16-14-,22-20-,27-26-,30-29-,33-32-,36-35-,39-38-,42-41-,51-49+,59-57+. The van der Waals surface area contributed by atoms with Gasteiger partial charge in [-0.15, -0.1) is 0 Å². The maximum Gasteiger partial charge on any atom is 0.472 e. The third-order valence-corrected chi connectivity index (χ3v) is 13.6. The molecule has 0 aliphatic heterocycles. The van der Waals surface area contributed by atoms with Crippen molar-refractivity contribution in [2.45, 2.75) is 238 Å². The first kappa shape index (κ1) is 71.6. The summed E-state index contributed by atoms with van der Waals surface area (Å²) in [6.45, 7) is 4.66. The molecular weight excluding hydrogens is 948 g/mol. The van der Waals surface area contributed by atoms with E-state index in [1.54, 1.807) is 6.08 Å². The van der Waals surface area contributed by atoms with Gasteiger partial charge in [-0.1, -0.05) is 250 Å². The van der Waals surface area contributed by atoms with Crippen molar-refractivity contribution in [2.75, 3.05) is 40.9 Å². The molecule has 0 saturated heterocycles. The molecule has 0 rings (SSSR count). The van der Waals surface area contributed by atoms with E-state index in [2.05, 4.69) is 141 Å².